The fourth-order valence-electron chi connectivity index (χ4n) is 2.84. The number of rotatable bonds is 6. The zero-order chi connectivity index (χ0) is 16.2. The van der Waals surface area contributed by atoms with Crippen molar-refractivity contribution in [3.05, 3.63) is 42.0 Å². The topological polar surface area (TPSA) is 35.5 Å². The second-order valence-corrected chi connectivity index (χ2v) is 5.50. The van der Waals surface area contributed by atoms with Crippen LogP contribution in [0.25, 0.3) is 10.8 Å². The van der Waals surface area contributed by atoms with Crippen molar-refractivity contribution in [1.29, 1.82) is 0 Å². The SMILES string of the molecule is CCC(CC)(CC)OC(=O)c1ccc2ccccc2c1OC. The Hall–Kier alpha value is -2.03. The van der Waals surface area contributed by atoms with Gasteiger partial charge < -0.3 is 9.47 Å². The molecule has 0 aromatic heterocycles. The molecule has 0 heterocycles. The van der Waals surface area contributed by atoms with Crippen molar-refractivity contribution in [2.75, 3.05) is 7.11 Å². The summed E-state index contributed by atoms with van der Waals surface area (Å²) in [5.41, 5.74) is 0.0919. The molecule has 3 nitrogen and oxygen atoms in total. The summed E-state index contributed by atoms with van der Waals surface area (Å²) in [7, 11) is 1.59. The first kappa shape index (κ1) is 16.3. The van der Waals surface area contributed by atoms with Crippen molar-refractivity contribution in [2.45, 2.75) is 45.6 Å². The highest BCUT2D eigenvalue weighted by atomic mass is 16.6. The molecule has 0 saturated carbocycles. The van der Waals surface area contributed by atoms with Gasteiger partial charge in [-0.1, -0.05) is 51.1 Å². The summed E-state index contributed by atoms with van der Waals surface area (Å²) >= 11 is 0. The van der Waals surface area contributed by atoms with Crippen LogP contribution in [-0.4, -0.2) is 18.7 Å². The maximum absolute atomic E-state index is 12.7. The third kappa shape index (κ3) is 2.94. The third-order valence-corrected chi connectivity index (χ3v) is 4.55. The van der Waals surface area contributed by atoms with Gasteiger partial charge in [0.25, 0.3) is 0 Å². The fraction of sp³-hybridized carbons (Fsp3) is 0.421. The molecular weight excluding hydrogens is 276 g/mol. The first-order chi connectivity index (χ1) is 10.6. The molecular formula is C19H24O3. The van der Waals surface area contributed by atoms with Gasteiger partial charge in [0.15, 0.2) is 0 Å². The molecule has 0 saturated heterocycles. The van der Waals surface area contributed by atoms with Crippen LogP contribution in [0.5, 0.6) is 5.75 Å². The number of carbonyl (C=O) groups is 1. The van der Waals surface area contributed by atoms with E-state index in [0.717, 1.165) is 30.0 Å². The summed E-state index contributed by atoms with van der Waals surface area (Å²) in [4.78, 5) is 12.7. The number of benzene rings is 2. The average molecular weight is 300 g/mol. The van der Waals surface area contributed by atoms with Crippen LogP contribution in [-0.2, 0) is 4.74 Å². The molecule has 0 aliphatic heterocycles. The van der Waals surface area contributed by atoms with Gasteiger partial charge in [-0.15, -0.1) is 0 Å². The van der Waals surface area contributed by atoms with Gasteiger partial charge in [-0.25, -0.2) is 4.79 Å². The standard InChI is InChI=1S/C19H24O3/c1-5-19(6-2,7-3)22-18(20)16-13-12-14-10-8-9-11-15(14)17(16)21-4/h8-13H,5-7H2,1-4H3. The normalized spacial score (nSPS) is 11.5. The largest absolute Gasteiger partial charge is 0.495 e. The summed E-state index contributed by atoms with van der Waals surface area (Å²) in [5.74, 6) is 0.272. The lowest BCUT2D eigenvalue weighted by Crippen LogP contribution is -2.33. The zero-order valence-electron chi connectivity index (χ0n) is 13.8. The van der Waals surface area contributed by atoms with Gasteiger partial charge in [0.05, 0.1) is 7.11 Å². The van der Waals surface area contributed by atoms with Crippen molar-refractivity contribution in [2.24, 2.45) is 0 Å². The maximum atomic E-state index is 12.7. The van der Waals surface area contributed by atoms with Crippen LogP contribution in [0.3, 0.4) is 0 Å². The predicted molar refractivity (Wildman–Crippen MR) is 89.5 cm³/mol. The monoisotopic (exact) mass is 300 g/mol. The second-order valence-electron chi connectivity index (χ2n) is 5.50. The van der Waals surface area contributed by atoms with Gasteiger partial charge in [0.1, 0.15) is 16.9 Å². The molecule has 0 N–H and O–H groups in total. The highest BCUT2D eigenvalue weighted by Gasteiger charge is 2.30. The predicted octanol–water partition coefficient (Wildman–Crippen LogP) is 4.97. The van der Waals surface area contributed by atoms with Crippen molar-refractivity contribution in [1.82, 2.24) is 0 Å². The minimum absolute atomic E-state index is 0.312. The van der Waals surface area contributed by atoms with Crippen LogP contribution >= 0.6 is 0 Å². The van der Waals surface area contributed by atoms with Crippen molar-refractivity contribution in [3.8, 4) is 5.75 Å². The highest BCUT2D eigenvalue weighted by molar-refractivity contribution is 6.01. The number of esters is 1. The molecule has 0 atom stereocenters. The Morgan fingerprint density at radius 1 is 1.00 bits per heavy atom. The van der Waals surface area contributed by atoms with Crippen LogP contribution in [0.1, 0.15) is 50.4 Å². The first-order valence-electron chi connectivity index (χ1n) is 7.89. The highest BCUT2D eigenvalue weighted by Crippen LogP contribution is 2.32. The molecule has 0 bridgehead atoms. The van der Waals surface area contributed by atoms with E-state index in [4.69, 9.17) is 9.47 Å². The summed E-state index contributed by atoms with van der Waals surface area (Å²) < 4.78 is 11.3. The number of fused-ring (bicyclic) bond motifs is 1. The Balaban J connectivity index is 2.44. The summed E-state index contributed by atoms with van der Waals surface area (Å²) in [6, 6.07) is 11.6. The van der Waals surface area contributed by atoms with Crippen LogP contribution in [0.4, 0.5) is 0 Å². The van der Waals surface area contributed by atoms with E-state index in [-0.39, 0.29) is 5.97 Å². The molecule has 0 fully saturated rings. The lowest BCUT2D eigenvalue weighted by Gasteiger charge is -2.30. The lowest BCUT2D eigenvalue weighted by molar-refractivity contribution is -0.0251. The summed E-state index contributed by atoms with van der Waals surface area (Å²) in [6.45, 7) is 6.16. The maximum Gasteiger partial charge on any atom is 0.342 e. The lowest BCUT2D eigenvalue weighted by atomic mass is 9.94. The second kappa shape index (κ2) is 6.82. The number of ether oxygens (including phenoxy) is 2. The Kier molecular flexibility index (Phi) is 5.07. The quantitative estimate of drug-likeness (QED) is 0.706. The molecule has 3 heteroatoms. The van der Waals surface area contributed by atoms with Gasteiger partial charge in [-0.2, -0.15) is 0 Å². The molecule has 0 radical (unpaired) electrons. The molecule has 0 amide bonds. The van der Waals surface area contributed by atoms with E-state index in [1.807, 2.05) is 30.3 Å². The van der Waals surface area contributed by atoms with E-state index in [1.165, 1.54) is 0 Å². The summed E-state index contributed by atoms with van der Waals surface area (Å²) in [6.07, 6.45) is 2.42. The molecule has 2 aromatic carbocycles. The van der Waals surface area contributed by atoms with Crippen LogP contribution < -0.4 is 4.74 Å². The molecule has 0 aliphatic carbocycles. The number of hydrogen-bond acceptors (Lipinski definition) is 3. The van der Waals surface area contributed by atoms with Gasteiger partial charge in [-0.3, -0.25) is 0 Å². The Bertz CT molecular complexity index is 649. The van der Waals surface area contributed by atoms with Crippen molar-refractivity contribution in [3.63, 3.8) is 0 Å². The van der Waals surface area contributed by atoms with Gasteiger partial charge in [0.2, 0.25) is 0 Å². The molecule has 2 rings (SSSR count). The minimum atomic E-state index is -0.395. The first-order valence-corrected chi connectivity index (χ1v) is 7.89. The fourth-order valence-corrected chi connectivity index (χ4v) is 2.84. The van der Waals surface area contributed by atoms with E-state index in [1.54, 1.807) is 13.2 Å². The van der Waals surface area contributed by atoms with E-state index < -0.39 is 5.60 Å². The Morgan fingerprint density at radius 2 is 1.64 bits per heavy atom. The molecule has 0 spiro atoms. The Labute approximate surface area is 132 Å². The molecule has 22 heavy (non-hydrogen) atoms. The van der Waals surface area contributed by atoms with Gasteiger partial charge in [0, 0.05) is 5.39 Å². The van der Waals surface area contributed by atoms with Crippen LogP contribution in [0.15, 0.2) is 36.4 Å². The molecule has 118 valence electrons. The van der Waals surface area contributed by atoms with Crippen molar-refractivity contribution >= 4 is 16.7 Å². The third-order valence-electron chi connectivity index (χ3n) is 4.55. The van der Waals surface area contributed by atoms with Crippen molar-refractivity contribution < 1.29 is 14.3 Å². The number of hydrogen-bond donors (Lipinski definition) is 0. The number of methoxy groups -OCH3 is 1. The summed E-state index contributed by atoms with van der Waals surface area (Å²) in [5, 5.41) is 1.97. The van der Waals surface area contributed by atoms with E-state index in [9.17, 15) is 4.79 Å². The minimum Gasteiger partial charge on any atom is -0.495 e. The molecule has 2 aromatic rings. The van der Waals surface area contributed by atoms with E-state index >= 15 is 0 Å². The average Bonchev–Trinajstić information content (AvgIpc) is 2.58. The zero-order valence-corrected chi connectivity index (χ0v) is 13.8. The smallest absolute Gasteiger partial charge is 0.342 e. The van der Waals surface area contributed by atoms with E-state index in [2.05, 4.69) is 20.8 Å². The van der Waals surface area contributed by atoms with Gasteiger partial charge >= 0.3 is 5.97 Å². The number of carbonyl (C=O) groups excluding carboxylic acids is 1. The van der Waals surface area contributed by atoms with Gasteiger partial charge in [-0.05, 0) is 30.7 Å². The molecule has 0 aliphatic rings. The van der Waals surface area contributed by atoms with E-state index in [0.29, 0.717) is 11.3 Å². The van der Waals surface area contributed by atoms with Crippen LogP contribution in [0, 0.1) is 0 Å². The molecule has 0 unspecified atom stereocenters. The van der Waals surface area contributed by atoms with Crippen LogP contribution in [0.2, 0.25) is 0 Å². The Morgan fingerprint density at radius 3 is 2.23 bits per heavy atom.